The van der Waals surface area contributed by atoms with Crippen LogP contribution in [0, 0.1) is 11.8 Å². The highest BCUT2D eigenvalue weighted by Crippen LogP contribution is 2.32. The molecule has 0 saturated heterocycles. The van der Waals surface area contributed by atoms with Crippen molar-refractivity contribution < 1.29 is 4.74 Å². The van der Waals surface area contributed by atoms with Gasteiger partial charge in [-0.15, -0.1) is 5.92 Å². The van der Waals surface area contributed by atoms with E-state index in [1.165, 1.54) is 5.56 Å². The van der Waals surface area contributed by atoms with E-state index >= 15 is 0 Å². The van der Waals surface area contributed by atoms with Crippen LogP contribution >= 0.6 is 11.6 Å². The number of ether oxygens (including phenoxy) is 1. The normalized spacial score (nSPS) is 12.6. The summed E-state index contributed by atoms with van der Waals surface area (Å²) >= 11 is 6.06. The number of halogens is 1. The summed E-state index contributed by atoms with van der Waals surface area (Å²) in [5.74, 6) is 6.82. The monoisotopic (exact) mass is 235 g/mol. The van der Waals surface area contributed by atoms with Crippen molar-refractivity contribution in [1.82, 2.24) is 5.32 Å². The standard InChI is InChI=1S/C13H14ClNO/c1-2-3-5-15-9-11-8-12(14)7-10-4-6-16-13(10)11/h7-8,15H,4-6,9H2,1H3. The minimum absolute atomic E-state index is 0.692. The second kappa shape index (κ2) is 5.25. The van der Waals surface area contributed by atoms with Crippen molar-refractivity contribution in [3.63, 3.8) is 0 Å². The Kier molecular flexibility index (Phi) is 3.71. The predicted octanol–water partition coefficient (Wildman–Crippen LogP) is 2.39. The van der Waals surface area contributed by atoms with Crippen molar-refractivity contribution in [3.8, 4) is 17.6 Å². The fraction of sp³-hybridized carbons (Fsp3) is 0.385. The smallest absolute Gasteiger partial charge is 0.127 e. The Morgan fingerprint density at radius 3 is 3.19 bits per heavy atom. The molecular formula is C13H14ClNO. The van der Waals surface area contributed by atoms with E-state index in [1.54, 1.807) is 0 Å². The largest absolute Gasteiger partial charge is 0.493 e. The molecule has 1 aromatic carbocycles. The molecule has 1 aliphatic rings. The third kappa shape index (κ3) is 2.49. The molecule has 2 rings (SSSR count). The molecule has 0 aliphatic carbocycles. The Morgan fingerprint density at radius 2 is 2.38 bits per heavy atom. The van der Waals surface area contributed by atoms with Crippen molar-refractivity contribution in [2.45, 2.75) is 19.9 Å². The summed E-state index contributed by atoms with van der Waals surface area (Å²) < 4.78 is 5.61. The number of hydrogen-bond donors (Lipinski definition) is 1. The van der Waals surface area contributed by atoms with Crippen LogP contribution < -0.4 is 10.1 Å². The molecule has 2 nitrogen and oxygen atoms in total. The van der Waals surface area contributed by atoms with Crippen LogP contribution in [0.15, 0.2) is 12.1 Å². The summed E-state index contributed by atoms with van der Waals surface area (Å²) in [5, 5.41) is 4.03. The van der Waals surface area contributed by atoms with E-state index in [2.05, 4.69) is 17.2 Å². The zero-order valence-corrected chi connectivity index (χ0v) is 10.0. The maximum absolute atomic E-state index is 6.06. The lowest BCUT2D eigenvalue weighted by atomic mass is 10.1. The second-order valence-electron chi connectivity index (χ2n) is 3.68. The van der Waals surface area contributed by atoms with Gasteiger partial charge < -0.3 is 10.1 Å². The fourth-order valence-corrected chi connectivity index (χ4v) is 2.09. The molecule has 0 radical (unpaired) electrons. The molecule has 1 heterocycles. The molecular weight excluding hydrogens is 222 g/mol. The number of hydrogen-bond acceptors (Lipinski definition) is 2. The van der Waals surface area contributed by atoms with Gasteiger partial charge in [-0.3, -0.25) is 0 Å². The lowest BCUT2D eigenvalue weighted by molar-refractivity contribution is 0.352. The van der Waals surface area contributed by atoms with Crippen LogP contribution in [0.25, 0.3) is 0 Å². The van der Waals surface area contributed by atoms with Gasteiger partial charge in [-0.25, -0.2) is 0 Å². The van der Waals surface area contributed by atoms with Crippen LogP contribution in [0.3, 0.4) is 0 Å². The molecule has 0 amide bonds. The van der Waals surface area contributed by atoms with Crippen molar-refractivity contribution in [1.29, 1.82) is 0 Å². The minimum atomic E-state index is 0.692. The van der Waals surface area contributed by atoms with Crippen molar-refractivity contribution in [2.24, 2.45) is 0 Å². The summed E-state index contributed by atoms with van der Waals surface area (Å²) in [4.78, 5) is 0. The van der Waals surface area contributed by atoms with E-state index in [0.29, 0.717) is 6.54 Å². The Labute approximate surface area is 101 Å². The molecule has 0 unspecified atom stereocenters. The predicted molar refractivity (Wildman–Crippen MR) is 65.8 cm³/mol. The quantitative estimate of drug-likeness (QED) is 0.642. The SMILES string of the molecule is CC#CCNCc1cc(Cl)cc2c1OCC2. The molecule has 84 valence electrons. The van der Waals surface area contributed by atoms with E-state index in [0.717, 1.165) is 35.9 Å². The summed E-state index contributed by atoms with van der Waals surface area (Å²) in [6, 6.07) is 3.94. The van der Waals surface area contributed by atoms with Gasteiger partial charge in [0.25, 0.3) is 0 Å². The first-order valence-corrected chi connectivity index (χ1v) is 5.73. The van der Waals surface area contributed by atoms with Crippen LogP contribution in [-0.4, -0.2) is 13.2 Å². The molecule has 0 fully saturated rings. The van der Waals surface area contributed by atoms with Crippen molar-refractivity contribution in [3.05, 3.63) is 28.3 Å². The highest BCUT2D eigenvalue weighted by atomic mass is 35.5. The van der Waals surface area contributed by atoms with Gasteiger partial charge in [0.1, 0.15) is 5.75 Å². The maximum Gasteiger partial charge on any atom is 0.127 e. The third-order valence-electron chi connectivity index (χ3n) is 2.53. The highest BCUT2D eigenvalue weighted by Gasteiger charge is 2.16. The summed E-state index contributed by atoms with van der Waals surface area (Å²) in [6.45, 7) is 4.04. The van der Waals surface area contributed by atoms with E-state index in [4.69, 9.17) is 16.3 Å². The zero-order chi connectivity index (χ0) is 11.4. The summed E-state index contributed by atoms with van der Waals surface area (Å²) in [6.07, 6.45) is 0.956. The van der Waals surface area contributed by atoms with Gasteiger partial charge in [0.15, 0.2) is 0 Å². The van der Waals surface area contributed by atoms with Crippen LogP contribution in [0.1, 0.15) is 18.1 Å². The first kappa shape index (κ1) is 11.3. The first-order chi connectivity index (χ1) is 7.81. The van der Waals surface area contributed by atoms with Crippen molar-refractivity contribution in [2.75, 3.05) is 13.2 Å². The van der Waals surface area contributed by atoms with Gasteiger partial charge in [-0.1, -0.05) is 17.5 Å². The van der Waals surface area contributed by atoms with Gasteiger partial charge in [-0.2, -0.15) is 0 Å². The lowest BCUT2D eigenvalue weighted by Crippen LogP contribution is -2.13. The van der Waals surface area contributed by atoms with Gasteiger partial charge in [-0.05, 0) is 24.6 Å². The van der Waals surface area contributed by atoms with Crippen LogP contribution in [0.4, 0.5) is 0 Å². The molecule has 1 N–H and O–H groups in total. The number of nitrogens with one attached hydrogen (secondary N) is 1. The van der Waals surface area contributed by atoms with Gasteiger partial charge in [0.05, 0.1) is 13.2 Å². The Balaban J connectivity index is 2.10. The number of benzene rings is 1. The second-order valence-corrected chi connectivity index (χ2v) is 4.12. The van der Waals surface area contributed by atoms with Gasteiger partial charge in [0, 0.05) is 23.6 Å². The lowest BCUT2D eigenvalue weighted by Gasteiger charge is -2.08. The molecule has 0 atom stereocenters. The summed E-state index contributed by atoms with van der Waals surface area (Å²) in [7, 11) is 0. The third-order valence-corrected chi connectivity index (χ3v) is 2.75. The summed E-state index contributed by atoms with van der Waals surface area (Å²) in [5.41, 5.74) is 2.34. The van der Waals surface area contributed by atoms with E-state index in [-0.39, 0.29) is 0 Å². The van der Waals surface area contributed by atoms with Crippen LogP contribution in [0.2, 0.25) is 5.02 Å². The minimum Gasteiger partial charge on any atom is -0.493 e. The van der Waals surface area contributed by atoms with E-state index in [1.807, 2.05) is 19.1 Å². The Hall–Kier alpha value is -1.17. The highest BCUT2D eigenvalue weighted by molar-refractivity contribution is 6.30. The molecule has 1 aromatic rings. The first-order valence-electron chi connectivity index (χ1n) is 5.35. The van der Waals surface area contributed by atoms with Gasteiger partial charge in [0.2, 0.25) is 0 Å². The molecule has 0 bridgehead atoms. The topological polar surface area (TPSA) is 21.3 Å². The van der Waals surface area contributed by atoms with Crippen LogP contribution in [0.5, 0.6) is 5.75 Å². The molecule has 3 heteroatoms. The maximum atomic E-state index is 6.06. The fourth-order valence-electron chi connectivity index (χ4n) is 1.83. The number of rotatable bonds is 3. The van der Waals surface area contributed by atoms with E-state index < -0.39 is 0 Å². The zero-order valence-electron chi connectivity index (χ0n) is 9.27. The molecule has 0 saturated carbocycles. The number of fused-ring (bicyclic) bond motifs is 1. The van der Waals surface area contributed by atoms with Crippen molar-refractivity contribution >= 4 is 11.6 Å². The van der Waals surface area contributed by atoms with Gasteiger partial charge >= 0.3 is 0 Å². The van der Waals surface area contributed by atoms with E-state index in [9.17, 15) is 0 Å². The Bertz CT molecular complexity index is 445. The van der Waals surface area contributed by atoms with Crippen LogP contribution in [-0.2, 0) is 13.0 Å². The molecule has 16 heavy (non-hydrogen) atoms. The molecule has 1 aliphatic heterocycles. The molecule has 0 spiro atoms. The molecule has 0 aromatic heterocycles. The average molecular weight is 236 g/mol. The Morgan fingerprint density at radius 1 is 1.50 bits per heavy atom. The average Bonchev–Trinajstić information content (AvgIpc) is 2.72.